The summed E-state index contributed by atoms with van der Waals surface area (Å²) in [5.41, 5.74) is 2.19. The van der Waals surface area contributed by atoms with Crippen molar-refractivity contribution in [3.05, 3.63) is 125 Å². The summed E-state index contributed by atoms with van der Waals surface area (Å²) >= 11 is 0. The summed E-state index contributed by atoms with van der Waals surface area (Å²) in [4.78, 5) is 13.2. The zero-order chi connectivity index (χ0) is 30.3. The molecule has 218 valence electrons. The van der Waals surface area contributed by atoms with Gasteiger partial charge >= 0.3 is 0 Å². The van der Waals surface area contributed by atoms with Crippen molar-refractivity contribution in [2.45, 2.75) is 38.0 Å². The van der Waals surface area contributed by atoms with Crippen LogP contribution in [0.15, 0.2) is 85.5 Å². The van der Waals surface area contributed by atoms with E-state index in [0.29, 0.717) is 12.4 Å². The number of ether oxygens (including phenoxy) is 1. The first kappa shape index (κ1) is 27.3. The van der Waals surface area contributed by atoms with Gasteiger partial charge < -0.3 is 9.30 Å². The molecule has 6 aromatic rings. The molecule has 0 spiro atoms. The lowest BCUT2D eigenvalue weighted by Gasteiger charge is -2.19. The molecule has 3 aromatic heterocycles. The van der Waals surface area contributed by atoms with Crippen LogP contribution in [0.25, 0.3) is 22.3 Å². The number of imidazole rings is 1. The highest BCUT2D eigenvalue weighted by Gasteiger charge is 2.46. The van der Waals surface area contributed by atoms with E-state index >= 15 is 8.78 Å². The Labute approximate surface area is 250 Å². The van der Waals surface area contributed by atoms with Crippen molar-refractivity contribution < 1.29 is 17.9 Å². The van der Waals surface area contributed by atoms with Gasteiger partial charge in [-0.2, -0.15) is 10.4 Å². The molecule has 7 rings (SSSR count). The van der Waals surface area contributed by atoms with Crippen LogP contribution in [0.1, 0.15) is 35.4 Å². The first-order valence-electron chi connectivity index (χ1n) is 14.0. The van der Waals surface area contributed by atoms with Crippen LogP contribution in [0.2, 0.25) is 0 Å². The SMILES string of the molecule is N#Cc1ccc(COc2cccc(-c3cc(F)c(Cc4nc5ccccc5n4CC4(n5cncn5)CC4)cc3F)n2)c(F)c1. The molecule has 44 heavy (non-hydrogen) atoms. The Bertz CT molecular complexity index is 2050. The van der Waals surface area contributed by atoms with Crippen LogP contribution in [-0.2, 0) is 25.1 Å². The second-order valence-electron chi connectivity index (χ2n) is 10.8. The molecule has 8 nitrogen and oxygen atoms in total. The van der Waals surface area contributed by atoms with Gasteiger partial charge in [-0.3, -0.25) is 0 Å². The largest absolute Gasteiger partial charge is 0.473 e. The Morgan fingerprint density at radius 2 is 1.73 bits per heavy atom. The van der Waals surface area contributed by atoms with Gasteiger partial charge in [-0.1, -0.05) is 24.3 Å². The third kappa shape index (κ3) is 5.15. The molecule has 0 atom stereocenters. The number of para-hydroxylation sites is 2. The third-order valence-corrected chi connectivity index (χ3v) is 7.96. The van der Waals surface area contributed by atoms with E-state index in [0.717, 1.165) is 36.0 Å². The van der Waals surface area contributed by atoms with Gasteiger partial charge in [0.15, 0.2) is 0 Å². The number of benzene rings is 3. The first-order valence-corrected chi connectivity index (χ1v) is 14.0. The van der Waals surface area contributed by atoms with E-state index in [4.69, 9.17) is 15.0 Å². The highest BCUT2D eigenvalue weighted by Crippen LogP contribution is 2.45. The predicted octanol–water partition coefficient (Wildman–Crippen LogP) is 6.34. The Balaban J connectivity index is 1.15. The highest BCUT2D eigenvalue weighted by atomic mass is 19.1. The molecular weight excluding hydrogens is 567 g/mol. The van der Waals surface area contributed by atoms with Crippen molar-refractivity contribution >= 4 is 11.0 Å². The molecule has 1 aliphatic rings. The molecule has 0 N–H and O–H groups in total. The smallest absolute Gasteiger partial charge is 0.214 e. The van der Waals surface area contributed by atoms with Gasteiger partial charge in [0.2, 0.25) is 5.88 Å². The van der Waals surface area contributed by atoms with E-state index < -0.39 is 17.5 Å². The van der Waals surface area contributed by atoms with E-state index in [2.05, 4.69) is 19.6 Å². The lowest BCUT2D eigenvalue weighted by molar-refractivity contribution is 0.288. The van der Waals surface area contributed by atoms with Crippen LogP contribution in [0.4, 0.5) is 13.2 Å². The molecule has 3 aromatic carbocycles. The van der Waals surface area contributed by atoms with Crippen LogP contribution in [-0.4, -0.2) is 29.3 Å². The van der Waals surface area contributed by atoms with Gasteiger partial charge in [0, 0.05) is 30.2 Å². The third-order valence-electron chi connectivity index (χ3n) is 7.96. The van der Waals surface area contributed by atoms with Crippen molar-refractivity contribution in [2.75, 3.05) is 0 Å². The molecule has 0 bridgehead atoms. The summed E-state index contributed by atoms with van der Waals surface area (Å²) in [5.74, 6) is -1.08. The molecule has 0 saturated heterocycles. The van der Waals surface area contributed by atoms with Gasteiger partial charge in [-0.15, -0.1) is 0 Å². The summed E-state index contributed by atoms with van der Waals surface area (Å²) in [7, 11) is 0. The van der Waals surface area contributed by atoms with Gasteiger partial charge in [-0.05, 0) is 60.9 Å². The molecule has 1 fully saturated rings. The lowest BCUT2D eigenvalue weighted by Crippen LogP contribution is -2.25. The fourth-order valence-electron chi connectivity index (χ4n) is 5.41. The van der Waals surface area contributed by atoms with Gasteiger partial charge in [0.1, 0.15) is 42.5 Å². The van der Waals surface area contributed by atoms with E-state index in [1.165, 1.54) is 24.5 Å². The van der Waals surface area contributed by atoms with Crippen LogP contribution >= 0.6 is 0 Å². The molecule has 0 amide bonds. The summed E-state index contributed by atoms with van der Waals surface area (Å²) in [6.07, 6.45) is 5.16. The molecule has 3 heterocycles. The van der Waals surface area contributed by atoms with E-state index in [1.807, 2.05) is 35.0 Å². The Hall–Kier alpha value is -5.50. The summed E-state index contributed by atoms with van der Waals surface area (Å²) in [5, 5.41) is 13.3. The van der Waals surface area contributed by atoms with Crippen molar-refractivity contribution in [1.82, 2.24) is 29.3 Å². The van der Waals surface area contributed by atoms with Crippen molar-refractivity contribution in [2.24, 2.45) is 0 Å². The van der Waals surface area contributed by atoms with Crippen LogP contribution in [0.5, 0.6) is 5.88 Å². The van der Waals surface area contributed by atoms with Gasteiger partial charge in [0.05, 0.1) is 33.9 Å². The Morgan fingerprint density at radius 1 is 0.886 bits per heavy atom. The lowest BCUT2D eigenvalue weighted by atomic mass is 10.0. The minimum atomic E-state index is -0.645. The van der Waals surface area contributed by atoms with Gasteiger partial charge in [0.25, 0.3) is 0 Å². The maximum Gasteiger partial charge on any atom is 0.214 e. The van der Waals surface area contributed by atoms with Crippen LogP contribution < -0.4 is 4.74 Å². The second kappa shape index (κ2) is 11.0. The monoisotopic (exact) mass is 591 g/mol. The van der Waals surface area contributed by atoms with E-state index in [9.17, 15) is 4.39 Å². The number of halogens is 3. The quantitative estimate of drug-likeness (QED) is 0.195. The summed E-state index contributed by atoms with van der Waals surface area (Å²) in [6.45, 7) is 0.431. The number of pyridine rings is 1. The number of hydrogen-bond acceptors (Lipinski definition) is 6. The van der Waals surface area contributed by atoms with Crippen molar-refractivity contribution in [3.8, 4) is 23.2 Å². The Morgan fingerprint density at radius 3 is 2.50 bits per heavy atom. The Kier molecular flexibility index (Phi) is 6.81. The zero-order valence-corrected chi connectivity index (χ0v) is 23.3. The predicted molar refractivity (Wildman–Crippen MR) is 155 cm³/mol. The number of nitriles is 1. The number of aromatic nitrogens is 6. The van der Waals surface area contributed by atoms with Crippen LogP contribution in [0.3, 0.4) is 0 Å². The number of rotatable bonds is 9. The summed E-state index contributed by atoms with van der Waals surface area (Å²) < 4.78 is 54.9. The molecule has 0 radical (unpaired) electrons. The average molecular weight is 592 g/mol. The fourth-order valence-corrected chi connectivity index (χ4v) is 5.41. The minimum absolute atomic E-state index is 0.0297. The topological polar surface area (TPSA) is 94.4 Å². The van der Waals surface area contributed by atoms with E-state index in [-0.39, 0.29) is 52.4 Å². The number of nitrogens with zero attached hydrogens (tertiary/aromatic N) is 7. The molecule has 1 saturated carbocycles. The maximum absolute atomic E-state index is 15.6. The maximum atomic E-state index is 15.6. The molecular formula is C33H24F3N7O. The average Bonchev–Trinajstić information content (AvgIpc) is 3.44. The highest BCUT2D eigenvalue weighted by molar-refractivity contribution is 5.76. The summed E-state index contributed by atoms with van der Waals surface area (Å²) in [6, 6.07) is 20.6. The number of hydrogen-bond donors (Lipinski definition) is 0. The van der Waals surface area contributed by atoms with Gasteiger partial charge in [-0.25, -0.2) is 32.8 Å². The second-order valence-corrected chi connectivity index (χ2v) is 10.8. The first-order chi connectivity index (χ1) is 21.4. The zero-order valence-electron chi connectivity index (χ0n) is 23.3. The number of fused-ring (bicyclic) bond motifs is 1. The minimum Gasteiger partial charge on any atom is -0.473 e. The van der Waals surface area contributed by atoms with Crippen molar-refractivity contribution in [1.29, 1.82) is 5.26 Å². The fraction of sp³-hybridized carbons (Fsp3) is 0.182. The normalized spacial score (nSPS) is 13.6. The molecule has 0 aliphatic heterocycles. The molecule has 0 unspecified atom stereocenters. The molecule has 11 heteroatoms. The van der Waals surface area contributed by atoms with Crippen molar-refractivity contribution in [3.63, 3.8) is 0 Å². The van der Waals surface area contributed by atoms with E-state index in [1.54, 1.807) is 24.5 Å². The molecule has 1 aliphatic carbocycles. The van der Waals surface area contributed by atoms with Crippen LogP contribution in [0, 0.1) is 28.8 Å². The standard InChI is InChI=1S/C33H24F3N7O/c34-25-12-21(16-37)8-9-22(25)17-44-32-7-3-5-28(41-32)24-15-26(35)23(13-27(24)36)14-31-40-29-4-1-2-6-30(29)42(31)18-33(10-11-33)43-20-38-19-39-43/h1-9,12-13,15,19-20H,10-11,14,17-18H2.